The van der Waals surface area contributed by atoms with Crippen LogP contribution in [-0.4, -0.2) is 9.51 Å². The number of phenols is 1. The Morgan fingerprint density at radius 3 is 2.29 bits per heavy atom. The molecule has 0 bridgehead atoms. The molecule has 5 aromatic carbocycles. The number of benzene rings is 5. The molecule has 7 aromatic rings. The number of hydrogen-bond donors (Lipinski definition) is 1. The molecule has 0 aliphatic heterocycles. The molecule has 3 heteroatoms. The summed E-state index contributed by atoms with van der Waals surface area (Å²) in [6.45, 7) is 0. The highest BCUT2D eigenvalue weighted by Crippen LogP contribution is 2.41. The van der Waals surface area contributed by atoms with Gasteiger partial charge in [0.2, 0.25) is 0 Å². The van der Waals surface area contributed by atoms with E-state index in [4.69, 9.17) is 0 Å². The highest BCUT2D eigenvalue weighted by Gasteiger charge is 2.17. The predicted octanol–water partition coefficient (Wildman–Crippen LogP) is 8.13. The number of phenolic OH excluding ortho intramolecular Hbond substituents is 1. The van der Waals surface area contributed by atoms with E-state index in [9.17, 15) is 5.11 Å². The van der Waals surface area contributed by atoms with Gasteiger partial charge in [-0.3, -0.25) is 0 Å². The lowest BCUT2D eigenvalue weighted by atomic mass is 9.99. The van der Waals surface area contributed by atoms with Gasteiger partial charge in [-0.05, 0) is 58.8 Å². The Labute approximate surface area is 186 Å². The SMILES string of the molecule is Oc1cc(Br)ccc1-c1ccc2cc3c(cc2c1)c1cccc2c4ccccc4n3c21. The van der Waals surface area contributed by atoms with Crippen LogP contribution in [0, 0.1) is 0 Å². The molecule has 146 valence electrons. The van der Waals surface area contributed by atoms with Crippen molar-refractivity contribution in [1.29, 1.82) is 0 Å². The number of aromatic nitrogens is 1. The third kappa shape index (κ3) is 2.27. The first-order valence-electron chi connectivity index (χ1n) is 10.3. The van der Waals surface area contributed by atoms with Crippen molar-refractivity contribution in [3.8, 4) is 16.9 Å². The van der Waals surface area contributed by atoms with Crippen LogP contribution in [-0.2, 0) is 0 Å². The average molecular weight is 462 g/mol. The quantitative estimate of drug-likeness (QED) is 0.262. The van der Waals surface area contributed by atoms with Crippen LogP contribution in [0.1, 0.15) is 0 Å². The van der Waals surface area contributed by atoms with Gasteiger partial charge in [0, 0.05) is 31.6 Å². The molecule has 31 heavy (non-hydrogen) atoms. The van der Waals surface area contributed by atoms with Gasteiger partial charge in [-0.25, -0.2) is 0 Å². The van der Waals surface area contributed by atoms with E-state index in [1.807, 2.05) is 12.1 Å². The van der Waals surface area contributed by atoms with Gasteiger partial charge >= 0.3 is 0 Å². The minimum absolute atomic E-state index is 0.280. The largest absolute Gasteiger partial charge is 0.507 e. The van der Waals surface area contributed by atoms with Gasteiger partial charge < -0.3 is 9.51 Å². The van der Waals surface area contributed by atoms with Crippen LogP contribution in [0.4, 0.5) is 0 Å². The first-order valence-corrected chi connectivity index (χ1v) is 11.1. The van der Waals surface area contributed by atoms with Gasteiger partial charge in [0.15, 0.2) is 0 Å². The number of rotatable bonds is 1. The topological polar surface area (TPSA) is 24.6 Å². The maximum Gasteiger partial charge on any atom is 0.124 e. The molecule has 2 aromatic heterocycles. The highest BCUT2D eigenvalue weighted by molar-refractivity contribution is 9.10. The van der Waals surface area contributed by atoms with Crippen LogP contribution in [0.5, 0.6) is 5.75 Å². The van der Waals surface area contributed by atoms with Gasteiger partial charge in [0.05, 0.1) is 16.6 Å². The molecule has 0 aliphatic carbocycles. The summed E-state index contributed by atoms with van der Waals surface area (Å²) in [4.78, 5) is 0. The Bertz CT molecular complexity index is 1810. The van der Waals surface area contributed by atoms with Crippen molar-refractivity contribution in [2.24, 2.45) is 0 Å². The first kappa shape index (κ1) is 17.2. The number of nitrogens with zero attached hydrogens (tertiary/aromatic N) is 1. The summed E-state index contributed by atoms with van der Waals surface area (Å²) in [5.74, 6) is 0.280. The van der Waals surface area contributed by atoms with Crippen molar-refractivity contribution in [2.75, 3.05) is 0 Å². The maximum absolute atomic E-state index is 10.4. The van der Waals surface area contributed by atoms with Crippen molar-refractivity contribution in [2.45, 2.75) is 0 Å². The van der Waals surface area contributed by atoms with Gasteiger partial charge in [0.1, 0.15) is 5.75 Å². The fourth-order valence-electron chi connectivity index (χ4n) is 5.09. The normalized spacial score (nSPS) is 12.2. The average Bonchev–Trinajstić information content (AvgIpc) is 3.29. The molecule has 0 amide bonds. The molecule has 2 heterocycles. The molecule has 0 atom stereocenters. The van der Waals surface area contributed by atoms with Crippen molar-refractivity contribution >= 4 is 64.8 Å². The van der Waals surface area contributed by atoms with E-state index < -0.39 is 0 Å². The standard InChI is InChI=1S/C28H16BrNO/c29-19-10-11-20(27(31)15-19)17-9-8-16-14-26-24(13-18(16)12-17)23-6-3-5-22-21-4-1-2-7-25(21)30(26)28(22)23/h1-15,31H. The molecular weight excluding hydrogens is 446 g/mol. The number of aromatic hydroxyl groups is 1. The first-order chi connectivity index (χ1) is 15.2. The maximum atomic E-state index is 10.4. The molecule has 0 aliphatic rings. The molecular formula is C28H16BrNO. The summed E-state index contributed by atoms with van der Waals surface area (Å²) >= 11 is 3.42. The Kier molecular flexibility index (Phi) is 3.32. The number of fused-ring (bicyclic) bond motifs is 7. The summed E-state index contributed by atoms with van der Waals surface area (Å²) in [6.07, 6.45) is 0. The van der Waals surface area contributed by atoms with E-state index in [-0.39, 0.29) is 5.75 Å². The molecule has 7 rings (SSSR count). The van der Waals surface area contributed by atoms with Crippen LogP contribution in [0.2, 0.25) is 0 Å². The second-order valence-electron chi connectivity index (χ2n) is 8.15. The molecule has 0 spiro atoms. The zero-order valence-electron chi connectivity index (χ0n) is 16.4. The fourth-order valence-corrected chi connectivity index (χ4v) is 5.44. The minimum atomic E-state index is 0.280. The lowest BCUT2D eigenvalue weighted by molar-refractivity contribution is 0.477. The Hall–Kier alpha value is -3.56. The van der Waals surface area contributed by atoms with Gasteiger partial charge in [-0.15, -0.1) is 0 Å². The van der Waals surface area contributed by atoms with E-state index >= 15 is 0 Å². The Morgan fingerprint density at radius 1 is 0.613 bits per heavy atom. The van der Waals surface area contributed by atoms with Crippen LogP contribution >= 0.6 is 15.9 Å². The molecule has 0 radical (unpaired) electrons. The van der Waals surface area contributed by atoms with Crippen LogP contribution in [0.3, 0.4) is 0 Å². The number of halogens is 1. The van der Waals surface area contributed by atoms with Crippen LogP contribution < -0.4 is 0 Å². The molecule has 0 unspecified atom stereocenters. The zero-order valence-corrected chi connectivity index (χ0v) is 18.0. The smallest absolute Gasteiger partial charge is 0.124 e. The van der Waals surface area contributed by atoms with Gasteiger partial charge in [0.25, 0.3) is 0 Å². The summed E-state index contributed by atoms with van der Waals surface area (Å²) in [5.41, 5.74) is 5.63. The molecule has 0 fully saturated rings. The number of hydrogen-bond acceptors (Lipinski definition) is 1. The minimum Gasteiger partial charge on any atom is -0.507 e. The van der Waals surface area contributed by atoms with E-state index in [1.54, 1.807) is 6.07 Å². The molecule has 1 N–H and O–H groups in total. The zero-order chi connectivity index (χ0) is 20.7. The number of para-hydroxylation sites is 2. The Balaban J connectivity index is 1.59. The third-order valence-corrected chi connectivity index (χ3v) is 6.94. The summed E-state index contributed by atoms with van der Waals surface area (Å²) in [6, 6.07) is 31.9. The van der Waals surface area contributed by atoms with Crippen molar-refractivity contribution in [3.05, 3.63) is 95.5 Å². The summed E-state index contributed by atoms with van der Waals surface area (Å²) in [5, 5.41) is 17.9. The Morgan fingerprint density at radius 2 is 1.42 bits per heavy atom. The summed E-state index contributed by atoms with van der Waals surface area (Å²) in [7, 11) is 0. The monoisotopic (exact) mass is 461 g/mol. The van der Waals surface area contributed by atoms with Crippen molar-refractivity contribution in [3.63, 3.8) is 0 Å². The van der Waals surface area contributed by atoms with E-state index in [0.717, 1.165) is 15.6 Å². The highest BCUT2D eigenvalue weighted by atomic mass is 79.9. The lowest BCUT2D eigenvalue weighted by Gasteiger charge is -2.08. The van der Waals surface area contributed by atoms with E-state index in [0.29, 0.717) is 0 Å². The fraction of sp³-hybridized carbons (Fsp3) is 0. The van der Waals surface area contributed by atoms with Crippen LogP contribution in [0.15, 0.2) is 95.5 Å². The second kappa shape index (κ2) is 5.99. The predicted molar refractivity (Wildman–Crippen MR) is 133 cm³/mol. The van der Waals surface area contributed by atoms with Crippen molar-refractivity contribution in [1.82, 2.24) is 4.40 Å². The second-order valence-corrected chi connectivity index (χ2v) is 9.06. The summed E-state index contributed by atoms with van der Waals surface area (Å²) < 4.78 is 3.28. The van der Waals surface area contributed by atoms with Gasteiger partial charge in [-0.2, -0.15) is 0 Å². The van der Waals surface area contributed by atoms with E-state index in [2.05, 4.69) is 93.1 Å². The molecule has 2 nitrogen and oxygen atoms in total. The lowest BCUT2D eigenvalue weighted by Crippen LogP contribution is -1.83. The van der Waals surface area contributed by atoms with Gasteiger partial charge in [-0.1, -0.05) is 64.5 Å². The third-order valence-electron chi connectivity index (χ3n) is 6.45. The van der Waals surface area contributed by atoms with Crippen molar-refractivity contribution < 1.29 is 5.11 Å². The van der Waals surface area contributed by atoms with E-state index in [1.165, 1.54) is 48.9 Å². The molecule has 0 saturated heterocycles. The van der Waals surface area contributed by atoms with Crippen LogP contribution in [0.25, 0.3) is 60.0 Å². The molecule has 0 saturated carbocycles.